The molecule has 0 aliphatic heterocycles. The van der Waals surface area contributed by atoms with Gasteiger partial charge in [0.05, 0.1) is 0 Å². The van der Waals surface area contributed by atoms with E-state index in [9.17, 15) is 9.59 Å². The molecule has 0 aromatic heterocycles. The molecule has 0 rings (SSSR count). The molecular formula is C10H19NO2S. The van der Waals surface area contributed by atoms with Gasteiger partial charge in [0.2, 0.25) is 5.91 Å². The SMILES string of the molecule is CCCCCNC(=O)CCSC(C)=O. The molecule has 0 atom stereocenters. The van der Waals surface area contributed by atoms with Gasteiger partial charge in [0, 0.05) is 25.6 Å². The van der Waals surface area contributed by atoms with Crippen LogP contribution in [0.3, 0.4) is 0 Å². The molecule has 0 saturated heterocycles. The number of unbranched alkanes of at least 4 members (excludes halogenated alkanes) is 2. The Morgan fingerprint density at radius 2 is 2.00 bits per heavy atom. The molecule has 0 saturated carbocycles. The first-order valence-electron chi connectivity index (χ1n) is 5.07. The van der Waals surface area contributed by atoms with Gasteiger partial charge in [-0.05, 0) is 6.42 Å². The van der Waals surface area contributed by atoms with Crippen molar-refractivity contribution >= 4 is 22.8 Å². The third-order valence-corrected chi connectivity index (χ3v) is 2.55. The average molecular weight is 217 g/mol. The Balaban J connectivity index is 3.24. The van der Waals surface area contributed by atoms with Crippen molar-refractivity contribution in [1.82, 2.24) is 5.32 Å². The molecule has 0 aromatic carbocycles. The van der Waals surface area contributed by atoms with Gasteiger partial charge in [-0.25, -0.2) is 0 Å². The quantitative estimate of drug-likeness (QED) is 0.663. The summed E-state index contributed by atoms with van der Waals surface area (Å²) >= 11 is 1.20. The van der Waals surface area contributed by atoms with Crippen LogP contribution in [0.4, 0.5) is 0 Å². The number of amides is 1. The molecule has 0 aromatic rings. The lowest BCUT2D eigenvalue weighted by Crippen LogP contribution is -2.24. The predicted molar refractivity (Wildman–Crippen MR) is 60.3 cm³/mol. The van der Waals surface area contributed by atoms with Gasteiger partial charge in [-0.2, -0.15) is 0 Å². The van der Waals surface area contributed by atoms with Crippen molar-refractivity contribution in [3.63, 3.8) is 0 Å². The van der Waals surface area contributed by atoms with E-state index in [1.54, 1.807) is 0 Å². The van der Waals surface area contributed by atoms with E-state index in [2.05, 4.69) is 12.2 Å². The van der Waals surface area contributed by atoms with Gasteiger partial charge in [0.25, 0.3) is 0 Å². The summed E-state index contributed by atoms with van der Waals surface area (Å²) in [6.07, 6.45) is 3.80. The topological polar surface area (TPSA) is 46.2 Å². The molecule has 3 nitrogen and oxygen atoms in total. The van der Waals surface area contributed by atoms with Gasteiger partial charge in [-0.3, -0.25) is 9.59 Å². The fourth-order valence-corrected chi connectivity index (χ4v) is 1.55. The minimum atomic E-state index is 0.0508. The maximum Gasteiger partial charge on any atom is 0.220 e. The van der Waals surface area contributed by atoms with Crippen LogP contribution >= 0.6 is 11.8 Å². The van der Waals surface area contributed by atoms with Gasteiger partial charge in [0.15, 0.2) is 5.12 Å². The Morgan fingerprint density at radius 1 is 1.29 bits per heavy atom. The number of nitrogens with one attached hydrogen (secondary N) is 1. The van der Waals surface area contributed by atoms with Crippen LogP contribution in [0.5, 0.6) is 0 Å². The van der Waals surface area contributed by atoms with Crippen molar-refractivity contribution < 1.29 is 9.59 Å². The Morgan fingerprint density at radius 3 is 2.57 bits per heavy atom. The molecule has 0 spiro atoms. The average Bonchev–Trinajstić information content (AvgIpc) is 2.12. The standard InChI is InChI=1S/C10H19NO2S/c1-3-4-5-7-11-10(13)6-8-14-9(2)12/h3-8H2,1-2H3,(H,11,13). The zero-order valence-corrected chi connectivity index (χ0v) is 9.78. The first-order valence-corrected chi connectivity index (χ1v) is 6.05. The van der Waals surface area contributed by atoms with Crippen molar-refractivity contribution in [2.75, 3.05) is 12.3 Å². The van der Waals surface area contributed by atoms with Crippen LogP contribution in [-0.2, 0) is 9.59 Å². The lowest BCUT2D eigenvalue weighted by molar-refractivity contribution is -0.120. The van der Waals surface area contributed by atoms with E-state index in [4.69, 9.17) is 0 Å². The van der Waals surface area contributed by atoms with E-state index in [1.807, 2.05) is 0 Å². The Bertz CT molecular complexity index is 183. The molecule has 0 bridgehead atoms. The number of hydrogen-bond donors (Lipinski definition) is 1. The second kappa shape index (κ2) is 9.06. The molecule has 14 heavy (non-hydrogen) atoms. The summed E-state index contributed by atoms with van der Waals surface area (Å²) < 4.78 is 0. The second-order valence-electron chi connectivity index (χ2n) is 3.15. The third kappa shape index (κ3) is 9.58. The maximum absolute atomic E-state index is 11.2. The van der Waals surface area contributed by atoms with E-state index in [1.165, 1.54) is 18.7 Å². The summed E-state index contributed by atoms with van der Waals surface area (Å²) in [6, 6.07) is 0. The zero-order chi connectivity index (χ0) is 10.8. The molecule has 1 amide bonds. The van der Waals surface area contributed by atoms with E-state index < -0.39 is 0 Å². The normalized spacial score (nSPS) is 9.86. The van der Waals surface area contributed by atoms with Crippen molar-refractivity contribution in [2.45, 2.75) is 39.5 Å². The van der Waals surface area contributed by atoms with Crippen LogP contribution in [0.15, 0.2) is 0 Å². The highest BCUT2D eigenvalue weighted by Crippen LogP contribution is 2.02. The summed E-state index contributed by atoms with van der Waals surface area (Å²) in [7, 11) is 0. The van der Waals surface area contributed by atoms with Gasteiger partial charge in [-0.15, -0.1) is 0 Å². The minimum absolute atomic E-state index is 0.0508. The third-order valence-electron chi connectivity index (χ3n) is 1.74. The maximum atomic E-state index is 11.2. The number of thioether (sulfide) groups is 1. The molecular weight excluding hydrogens is 198 g/mol. The fraction of sp³-hybridized carbons (Fsp3) is 0.800. The smallest absolute Gasteiger partial charge is 0.220 e. The van der Waals surface area contributed by atoms with Gasteiger partial charge < -0.3 is 5.32 Å². The predicted octanol–water partition coefficient (Wildman–Crippen LogP) is 1.96. The summed E-state index contributed by atoms with van der Waals surface area (Å²) in [4.78, 5) is 21.7. The fourth-order valence-electron chi connectivity index (χ4n) is 0.979. The van der Waals surface area contributed by atoms with Crippen molar-refractivity contribution in [2.24, 2.45) is 0 Å². The Kier molecular flexibility index (Phi) is 8.73. The summed E-state index contributed by atoms with van der Waals surface area (Å²) in [5.74, 6) is 0.643. The largest absolute Gasteiger partial charge is 0.356 e. The molecule has 4 heteroatoms. The van der Waals surface area contributed by atoms with Gasteiger partial charge in [0.1, 0.15) is 0 Å². The lowest BCUT2D eigenvalue weighted by Gasteiger charge is -2.03. The van der Waals surface area contributed by atoms with E-state index in [0.717, 1.165) is 25.8 Å². The zero-order valence-electron chi connectivity index (χ0n) is 8.97. The molecule has 0 fully saturated rings. The number of rotatable bonds is 7. The van der Waals surface area contributed by atoms with E-state index in [0.29, 0.717) is 12.2 Å². The van der Waals surface area contributed by atoms with Crippen molar-refractivity contribution in [3.8, 4) is 0 Å². The van der Waals surface area contributed by atoms with Crippen molar-refractivity contribution in [1.29, 1.82) is 0 Å². The van der Waals surface area contributed by atoms with Crippen LogP contribution < -0.4 is 5.32 Å². The highest BCUT2D eigenvalue weighted by molar-refractivity contribution is 8.13. The first-order chi connectivity index (χ1) is 6.66. The molecule has 0 heterocycles. The van der Waals surface area contributed by atoms with Crippen LogP contribution in [0, 0.1) is 0 Å². The summed E-state index contributed by atoms with van der Waals surface area (Å²) in [6.45, 7) is 4.41. The van der Waals surface area contributed by atoms with Gasteiger partial charge in [-0.1, -0.05) is 31.5 Å². The summed E-state index contributed by atoms with van der Waals surface area (Å²) in [5, 5.41) is 2.90. The Labute approximate surface area is 90.0 Å². The number of carbonyl (C=O) groups is 2. The van der Waals surface area contributed by atoms with E-state index >= 15 is 0 Å². The first kappa shape index (κ1) is 13.5. The highest BCUT2D eigenvalue weighted by Gasteiger charge is 2.01. The lowest BCUT2D eigenvalue weighted by atomic mass is 10.2. The Hall–Kier alpha value is -0.510. The summed E-state index contributed by atoms with van der Waals surface area (Å²) in [5.41, 5.74) is 0. The number of carbonyl (C=O) groups excluding carboxylic acids is 2. The van der Waals surface area contributed by atoms with Crippen molar-refractivity contribution in [3.05, 3.63) is 0 Å². The molecule has 0 aliphatic rings. The van der Waals surface area contributed by atoms with Crippen LogP contribution in [0.1, 0.15) is 39.5 Å². The second-order valence-corrected chi connectivity index (χ2v) is 4.42. The molecule has 0 aliphatic carbocycles. The molecule has 0 unspecified atom stereocenters. The minimum Gasteiger partial charge on any atom is -0.356 e. The monoisotopic (exact) mass is 217 g/mol. The highest BCUT2D eigenvalue weighted by atomic mass is 32.2. The van der Waals surface area contributed by atoms with Crippen LogP contribution in [-0.4, -0.2) is 23.3 Å². The van der Waals surface area contributed by atoms with Gasteiger partial charge >= 0.3 is 0 Å². The van der Waals surface area contributed by atoms with E-state index in [-0.39, 0.29) is 11.0 Å². The molecule has 82 valence electrons. The molecule has 1 N–H and O–H groups in total. The van der Waals surface area contributed by atoms with Crippen LogP contribution in [0.2, 0.25) is 0 Å². The van der Waals surface area contributed by atoms with Crippen LogP contribution in [0.25, 0.3) is 0 Å². The number of hydrogen-bond acceptors (Lipinski definition) is 3. The molecule has 0 radical (unpaired) electrons.